The summed E-state index contributed by atoms with van der Waals surface area (Å²) in [5.74, 6) is -0.401. The summed E-state index contributed by atoms with van der Waals surface area (Å²) >= 11 is 1.37. The van der Waals surface area contributed by atoms with E-state index in [-0.39, 0.29) is 24.5 Å². The second-order valence-electron chi connectivity index (χ2n) is 6.05. The van der Waals surface area contributed by atoms with Gasteiger partial charge in [0.25, 0.3) is 0 Å². The number of aromatic nitrogens is 1. The van der Waals surface area contributed by atoms with Gasteiger partial charge in [-0.05, 0) is 40.2 Å². The van der Waals surface area contributed by atoms with E-state index in [0.717, 1.165) is 19.4 Å². The van der Waals surface area contributed by atoms with E-state index in [4.69, 9.17) is 4.74 Å². The zero-order valence-electron chi connectivity index (χ0n) is 12.6. The van der Waals surface area contributed by atoms with Gasteiger partial charge >= 0.3 is 5.97 Å². The van der Waals surface area contributed by atoms with E-state index in [2.05, 4.69) is 10.3 Å². The van der Waals surface area contributed by atoms with Crippen molar-refractivity contribution in [2.75, 3.05) is 18.4 Å². The molecule has 21 heavy (non-hydrogen) atoms. The van der Waals surface area contributed by atoms with Crippen LogP contribution in [0.1, 0.15) is 33.6 Å². The van der Waals surface area contributed by atoms with E-state index in [1.165, 1.54) is 11.3 Å². The van der Waals surface area contributed by atoms with Gasteiger partial charge in [0.15, 0.2) is 5.13 Å². The van der Waals surface area contributed by atoms with Gasteiger partial charge in [0.05, 0.1) is 6.54 Å². The lowest BCUT2D eigenvalue weighted by atomic mass is 10.1. The molecular formula is C14H21N3O3S. The molecule has 7 heteroatoms. The molecule has 2 heterocycles. The van der Waals surface area contributed by atoms with Crippen molar-refractivity contribution in [3.05, 3.63) is 11.6 Å². The summed E-state index contributed by atoms with van der Waals surface area (Å²) in [7, 11) is 0. The van der Waals surface area contributed by atoms with Crippen molar-refractivity contribution in [2.24, 2.45) is 0 Å². The maximum Gasteiger partial charge on any atom is 0.323 e. The number of nitrogens with one attached hydrogen (secondary N) is 1. The minimum absolute atomic E-state index is 0.152. The number of esters is 1. The van der Waals surface area contributed by atoms with Crippen LogP contribution in [-0.4, -0.2) is 46.5 Å². The fraction of sp³-hybridized carbons (Fsp3) is 0.643. The third-order valence-corrected chi connectivity index (χ3v) is 3.76. The van der Waals surface area contributed by atoms with Gasteiger partial charge in [-0.2, -0.15) is 0 Å². The number of nitrogens with zero attached hydrogens (tertiary/aromatic N) is 2. The molecule has 1 aromatic heterocycles. The Hall–Kier alpha value is -1.47. The Balaban J connectivity index is 1.89. The highest BCUT2D eigenvalue weighted by Gasteiger charge is 2.34. The monoisotopic (exact) mass is 311 g/mol. The zero-order valence-corrected chi connectivity index (χ0v) is 13.4. The maximum atomic E-state index is 12.2. The van der Waals surface area contributed by atoms with Crippen LogP contribution in [0.5, 0.6) is 0 Å². The minimum atomic E-state index is -0.505. The van der Waals surface area contributed by atoms with Gasteiger partial charge in [-0.15, -0.1) is 11.3 Å². The molecule has 0 bridgehead atoms. The van der Waals surface area contributed by atoms with Gasteiger partial charge in [0, 0.05) is 11.6 Å². The molecule has 116 valence electrons. The Morgan fingerprint density at radius 2 is 2.29 bits per heavy atom. The predicted octanol–water partition coefficient (Wildman–Crippen LogP) is 1.89. The second kappa shape index (κ2) is 6.53. The normalized spacial score (nSPS) is 19.5. The molecule has 1 N–H and O–H groups in total. The van der Waals surface area contributed by atoms with Crippen molar-refractivity contribution in [1.29, 1.82) is 0 Å². The average Bonchev–Trinajstić information content (AvgIpc) is 2.97. The van der Waals surface area contributed by atoms with Gasteiger partial charge in [0.2, 0.25) is 5.91 Å². The van der Waals surface area contributed by atoms with E-state index in [1.54, 1.807) is 11.6 Å². The molecule has 0 radical (unpaired) electrons. The van der Waals surface area contributed by atoms with E-state index in [0.29, 0.717) is 5.13 Å². The predicted molar refractivity (Wildman–Crippen MR) is 81.2 cm³/mol. The van der Waals surface area contributed by atoms with Crippen molar-refractivity contribution in [2.45, 2.75) is 45.3 Å². The Morgan fingerprint density at radius 1 is 1.52 bits per heavy atom. The molecule has 2 rings (SSSR count). The molecule has 1 atom stereocenters. The number of likely N-dealkylation sites (tertiary alicyclic amines) is 1. The van der Waals surface area contributed by atoms with Crippen LogP contribution < -0.4 is 5.32 Å². The highest BCUT2D eigenvalue weighted by atomic mass is 32.1. The molecule has 0 saturated carbocycles. The largest absolute Gasteiger partial charge is 0.459 e. The summed E-state index contributed by atoms with van der Waals surface area (Å²) < 4.78 is 5.42. The topological polar surface area (TPSA) is 71.5 Å². The molecule has 0 aliphatic carbocycles. The van der Waals surface area contributed by atoms with Gasteiger partial charge in [-0.25, -0.2) is 4.98 Å². The van der Waals surface area contributed by atoms with Crippen LogP contribution in [0, 0.1) is 0 Å². The van der Waals surface area contributed by atoms with Crippen LogP contribution in [0.25, 0.3) is 0 Å². The molecule has 6 nitrogen and oxygen atoms in total. The summed E-state index contributed by atoms with van der Waals surface area (Å²) in [5, 5.41) is 5.11. The SMILES string of the molecule is CC(C)(C)OC(=O)[C@H]1CCCN1CC(=O)Nc1nccs1. The summed E-state index contributed by atoms with van der Waals surface area (Å²) in [6.45, 7) is 6.46. The molecule has 1 fully saturated rings. The molecule has 0 spiro atoms. The number of thiazole rings is 1. The number of carbonyl (C=O) groups excluding carboxylic acids is 2. The molecule has 1 amide bonds. The first-order valence-corrected chi connectivity index (χ1v) is 7.89. The number of hydrogen-bond donors (Lipinski definition) is 1. The summed E-state index contributed by atoms with van der Waals surface area (Å²) in [6, 6.07) is -0.328. The molecular weight excluding hydrogens is 290 g/mol. The van der Waals surface area contributed by atoms with Crippen LogP contribution >= 0.6 is 11.3 Å². The van der Waals surface area contributed by atoms with Crippen LogP contribution in [0.15, 0.2) is 11.6 Å². The Kier molecular flexibility index (Phi) is 4.95. The summed E-state index contributed by atoms with van der Waals surface area (Å²) in [4.78, 5) is 30.0. The molecule has 1 aliphatic rings. The first-order valence-electron chi connectivity index (χ1n) is 7.01. The zero-order chi connectivity index (χ0) is 15.5. The highest BCUT2D eigenvalue weighted by Crippen LogP contribution is 2.21. The van der Waals surface area contributed by atoms with Gasteiger partial charge in [-0.1, -0.05) is 0 Å². The Bertz CT molecular complexity index is 496. The van der Waals surface area contributed by atoms with Crippen molar-refractivity contribution in [1.82, 2.24) is 9.88 Å². The fourth-order valence-corrected chi connectivity index (χ4v) is 2.83. The standard InChI is InChI=1S/C14H21N3O3S/c1-14(2,3)20-12(19)10-5-4-7-17(10)9-11(18)16-13-15-6-8-21-13/h6,8,10H,4-5,7,9H2,1-3H3,(H,15,16,18)/t10-/m1/s1. The third kappa shape index (κ3) is 4.78. The lowest BCUT2D eigenvalue weighted by Crippen LogP contribution is -2.43. The van der Waals surface area contributed by atoms with Crippen LogP contribution in [0.4, 0.5) is 5.13 Å². The fourth-order valence-electron chi connectivity index (χ4n) is 2.28. The molecule has 1 saturated heterocycles. The number of ether oxygens (including phenoxy) is 1. The smallest absolute Gasteiger partial charge is 0.323 e. The van der Waals surface area contributed by atoms with E-state index < -0.39 is 5.60 Å². The highest BCUT2D eigenvalue weighted by molar-refractivity contribution is 7.13. The number of rotatable bonds is 4. The van der Waals surface area contributed by atoms with Crippen molar-refractivity contribution in [3.8, 4) is 0 Å². The van der Waals surface area contributed by atoms with Crippen LogP contribution in [0.2, 0.25) is 0 Å². The quantitative estimate of drug-likeness (QED) is 0.860. The first-order chi connectivity index (χ1) is 9.85. The Labute approximate surface area is 128 Å². The van der Waals surface area contributed by atoms with Gasteiger partial charge in [-0.3, -0.25) is 14.5 Å². The third-order valence-electron chi connectivity index (χ3n) is 3.07. The Morgan fingerprint density at radius 3 is 2.90 bits per heavy atom. The van der Waals surface area contributed by atoms with Crippen molar-refractivity contribution in [3.63, 3.8) is 0 Å². The van der Waals surface area contributed by atoms with Gasteiger partial charge in [0.1, 0.15) is 11.6 Å². The average molecular weight is 311 g/mol. The molecule has 1 aromatic rings. The van der Waals surface area contributed by atoms with Gasteiger partial charge < -0.3 is 10.1 Å². The lowest BCUT2D eigenvalue weighted by molar-refractivity contribution is -0.160. The van der Waals surface area contributed by atoms with E-state index in [9.17, 15) is 9.59 Å². The molecule has 1 aliphatic heterocycles. The number of carbonyl (C=O) groups is 2. The maximum absolute atomic E-state index is 12.2. The van der Waals surface area contributed by atoms with Crippen molar-refractivity contribution >= 4 is 28.3 Å². The number of hydrogen-bond acceptors (Lipinski definition) is 6. The number of amides is 1. The molecule has 0 aromatic carbocycles. The van der Waals surface area contributed by atoms with E-state index in [1.807, 2.05) is 25.7 Å². The summed E-state index contributed by atoms with van der Waals surface area (Å²) in [5.41, 5.74) is -0.505. The van der Waals surface area contributed by atoms with Crippen LogP contribution in [0.3, 0.4) is 0 Å². The van der Waals surface area contributed by atoms with E-state index >= 15 is 0 Å². The summed E-state index contributed by atoms with van der Waals surface area (Å²) in [6.07, 6.45) is 3.27. The van der Waals surface area contributed by atoms with Crippen molar-refractivity contribution < 1.29 is 14.3 Å². The lowest BCUT2D eigenvalue weighted by Gasteiger charge is -2.26. The first kappa shape index (κ1) is 15.9. The minimum Gasteiger partial charge on any atom is -0.459 e. The molecule has 0 unspecified atom stereocenters. The van der Waals surface area contributed by atoms with Crippen LogP contribution in [-0.2, 0) is 14.3 Å². The second-order valence-corrected chi connectivity index (χ2v) is 6.94. The number of anilines is 1.